The second-order valence-corrected chi connectivity index (χ2v) is 17.6. The molecule has 6 atom stereocenters. The first-order valence-electron chi connectivity index (χ1n) is 20.4. The number of nitrogens with one attached hydrogen (secondary N) is 3. The second-order valence-electron chi connectivity index (χ2n) is 16.3. The van der Waals surface area contributed by atoms with E-state index < -0.39 is 40.8 Å². The summed E-state index contributed by atoms with van der Waals surface area (Å²) in [6.45, 7) is 6.97. The average molecular weight is 872 g/mol. The maximum atomic E-state index is 14.9. The number of carbonyl (C=O) groups excluding carboxylic acids is 4. The van der Waals surface area contributed by atoms with E-state index in [2.05, 4.69) is 36.7 Å². The molecule has 1 unspecified atom stereocenters. The number of amides is 4. The van der Waals surface area contributed by atoms with Gasteiger partial charge in [-0.05, 0) is 67.5 Å². The first-order chi connectivity index (χ1) is 28.9. The SMILES string of the molecule is CC(C)(C)[C@@H](NCC[C@H](N)C(=O)N[C@H]1CC[C@@H](C(=O)NCCN2C(=O)CC(SC[C@H](N)C(=O)O)C2=O)C1)c1cc(-c2cc(F)ccc2F)cn1Cc1ccccc1.OCCO. The van der Waals surface area contributed by atoms with Crippen LogP contribution < -0.4 is 27.4 Å². The van der Waals surface area contributed by atoms with Crippen LogP contribution in [-0.4, -0.2) is 116 Å². The fourth-order valence-electron chi connectivity index (χ4n) is 7.33. The number of hydrogen-bond acceptors (Lipinski definition) is 11. The molecule has 10 N–H and O–H groups in total. The molecule has 1 aliphatic carbocycles. The summed E-state index contributed by atoms with van der Waals surface area (Å²) in [5.74, 6) is -3.96. The topological polar surface area (TPSA) is 242 Å². The van der Waals surface area contributed by atoms with Crippen molar-refractivity contribution < 1.29 is 48.1 Å². The molecule has 334 valence electrons. The Bertz CT molecular complexity index is 1960. The molecule has 0 spiro atoms. The monoisotopic (exact) mass is 871 g/mol. The molecule has 5 rings (SSSR count). The van der Waals surface area contributed by atoms with E-state index in [1.807, 2.05) is 47.2 Å². The third-order valence-electron chi connectivity index (χ3n) is 10.5. The standard InChI is InChI=1S/C41H53F2N7O6S.C2H6O2/c1-41(2,3)36(33-18-26(29-19-27(42)10-12-30(29)43)22-49(33)21-24-7-5-4-6-8-24)46-14-13-31(44)38(53)48-28-11-9-25(17-28)37(52)47-15-16-50-35(51)20-34(39(50)54)57-23-32(45)40(55)56;3-1-2-4/h4-8,10,12,18-19,22,25,28,31-32,34,36,46H,9,11,13-17,20-21,23,44-45H2,1-3H3,(H,47,52)(H,48,53)(H,55,56);3-4H,1-2H2/t25-,28+,31+,32+,34?,36+;/m1./s1. The van der Waals surface area contributed by atoms with E-state index in [1.54, 1.807) is 0 Å². The van der Waals surface area contributed by atoms with Crippen molar-refractivity contribution in [2.45, 2.75) is 88.8 Å². The lowest BCUT2D eigenvalue weighted by atomic mass is 9.84. The van der Waals surface area contributed by atoms with Gasteiger partial charge in [0.05, 0.1) is 30.5 Å². The van der Waals surface area contributed by atoms with Gasteiger partial charge in [-0.1, -0.05) is 51.1 Å². The Kier molecular flexibility index (Phi) is 18.4. The van der Waals surface area contributed by atoms with Gasteiger partial charge in [0.2, 0.25) is 23.6 Å². The molecule has 3 aromatic rings. The van der Waals surface area contributed by atoms with Gasteiger partial charge in [0.15, 0.2) is 0 Å². The molecule has 2 aliphatic rings. The van der Waals surface area contributed by atoms with Crippen molar-refractivity contribution in [2.75, 3.05) is 38.6 Å². The van der Waals surface area contributed by atoms with Crippen molar-refractivity contribution >= 4 is 41.4 Å². The zero-order chi connectivity index (χ0) is 44.9. The maximum absolute atomic E-state index is 14.9. The predicted octanol–water partition coefficient (Wildman–Crippen LogP) is 2.52. The minimum absolute atomic E-state index is 0.00155. The number of thioether (sulfide) groups is 1. The van der Waals surface area contributed by atoms with Crippen molar-refractivity contribution in [1.29, 1.82) is 0 Å². The molecule has 61 heavy (non-hydrogen) atoms. The van der Waals surface area contributed by atoms with Crippen molar-refractivity contribution in [3.8, 4) is 11.1 Å². The minimum atomic E-state index is -1.18. The molecule has 2 heterocycles. The number of rotatable bonds is 19. The summed E-state index contributed by atoms with van der Waals surface area (Å²) in [5.41, 5.74) is 14.2. The average Bonchev–Trinajstić information content (AvgIpc) is 3.93. The third-order valence-corrected chi connectivity index (χ3v) is 11.9. The molecule has 0 radical (unpaired) electrons. The summed E-state index contributed by atoms with van der Waals surface area (Å²) in [6, 6.07) is 12.7. The van der Waals surface area contributed by atoms with Gasteiger partial charge in [0.1, 0.15) is 17.7 Å². The summed E-state index contributed by atoms with van der Waals surface area (Å²) in [5, 5.41) is 32.9. The maximum Gasteiger partial charge on any atom is 0.321 e. The molecule has 1 aliphatic heterocycles. The third kappa shape index (κ3) is 14.2. The number of nitrogens with zero attached hydrogens (tertiary/aromatic N) is 2. The highest BCUT2D eigenvalue weighted by atomic mass is 32.2. The zero-order valence-corrected chi connectivity index (χ0v) is 35.6. The molecule has 2 fully saturated rings. The van der Waals surface area contributed by atoms with Crippen LogP contribution in [0.15, 0.2) is 60.8 Å². The van der Waals surface area contributed by atoms with E-state index >= 15 is 0 Å². The largest absolute Gasteiger partial charge is 0.480 e. The van der Waals surface area contributed by atoms with Gasteiger partial charge in [0.25, 0.3) is 0 Å². The van der Waals surface area contributed by atoms with Crippen LogP contribution in [0.4, 0.5) is 8.78 Å². The normalized spacial score (nSPS) is 19.2. The van der Waals surface area contributed by atoms with Crippen molar-refractivity contribution in [2.24, 2.45) is 22.8 Å². The lowest BCUT2D eigenvalue weighted by molar-refractivity contribution is -0.139. The quantitative estimate of drug-likeness (QED) is 0.0811. The summed E-state index contributed by atoms with van der Waals surface area (Å²) < 4.78 is 31.2. The molecule has 1 aromatic heterocycles. The smallest absolute Gasteiger partial charge is 0.321 e. The van der Waals surface area contributed by atoms with Gasteiger partial charge < -0.3 is 47.3 Å². The number of likely N-dealkylation sites (tertiary alicyclic amines) is 1. The number of aliphatic hydroxyl groups is 2. The number of carboxylic acid groups (broad SMARTS) is 1. The molecular weight excluding hydrogens is 813 g/mol. The Balaban J connectivity index is 0.00000196. The van der Waals surface area contributed by atoms with Gasteiger partial charge >= 0.3 is 5.97 Å². The summed E-state index contributed by atoms with van der Waals surface area (Å²) in [7, 11) is 0. The Hall–Kier alpha value is -4.72. The minimum Gasteiger partial charge on any atom is -0.480 e. The first-order valence-corrected chi connectivity index (χ1v) is 21.4. The number of aromatic nitrogens is 1. The van der Waals surface area contributed by atoms with Crippen molar-refractivity contribution in [3.63, 3.8) is 0 Å². The van der Waals surface area contributed by atoms with Crippen LogP contribution in [0.25, 0.3) is 11.1 Å². The number of hydrogen-bond donors (Lipinski definition) is 8. The van der Waals surface area contributed by atoms with Crippen LogP contribution in [0.3, 0.4) is 0 Å². The number of nitrogens with two attached hydrogens (primary N) is 2. The number of carboxylic acids is 1. The van der Waals surface area contributed by atoms with Crippen molar-refractivity contribution in [1.82, 2.24) is 25.4 Å². The zero-order valence-electron chi connectivity index (χ0n) is 34.8. The fourth-order valence-corrected chi connectivity index (χ4v) is 8.44. The Labute approximate surface area is 359 Å². The van der Waals surface area contributed by atoms with Gasteiger partial charge in [-0.3, -0.25) is 28.9 Å². The first kappa shape index (κ1) is 48.9. The van der Waals surface area contributed by atoms with Gasteiger partial charge in [-0.25, -0.2) is 8.78 Å². The van der Waals surface area contributed by atoms with Crippen LogP contribution >= 0.6 is 11.8 Å². The second kappa shape index (κ2) is 22.9. The van der Waals surface area contributed by atoms with Gasteiger partial charge in [-0.2, -0.15) is 0 Å². The number of halogens is 2. The van der Waals surface area contributed by atoms with E-state index in [1.165, 1.54) is 6.07 Å². The number of aliphatic hydroxyl groups excluding tert-OH is 2. The van der Waals surface area contributed by atoms with Gasteiger partial charge in [-0.15, -0.1) is 11.8 Å². The van der Waals surface area contributed by atoms with Crippen LogP contribution in [0.2, 0.25) is 0 Å². The summed E-state index contributed by atoms with van der Waals surface area (Å²) in [6.07, 6.45) is 3.67. The number of carbonyl (C=O) groups is 5. The molecule has 4 amide bonds. The molecule has 1 saturated heterocycles. The molecular formula is C43H59F2N7O8S. The predicted molar refractivity (Wildman–Crippen MR) is 228 cm³/mol. The molecule has 1 saturated carbocycles. The number of aliphatic carboxylic acids is 1. The van der Waals surface area contributed by atoms with Crippen LogP contribution in [0.1, 0.15) is 70.2 Å². The molecule has 18 heteroatoms. The molecule has 0 bridgehead atoms. The van der Waals surface area contributed by atoms with Crippen LogP contribution in [0.5, 0.6) is 0 Å². The van der Waals surface area contributed by atoms with E-state index in [0.29, 0.717) is 44.3 Å². The fraction of sp³-hybridized carbons (Fsp3) is 0.512. The van der Waals surface area contributed by atoms with E-state index in [-0.39, 0.29) is 85.2 Å². The summed E-state index contributed by atoms with van der Waals surface area (Å²) >= 11 is 1.04. The lowest BCUT2D eigenvalue weighted by Crippen LogP contribution is -2.46. The van der Waals surface area contributed by atoms with Crippen LogP contribution in [0, 0.1) is 23.0 Å². The van der Waals surface area contributed by atoms with E-state index in [9.17, 15) is 32.8 Å². The van der Waals surface area contributed by atoms with Crippen LogP contribution in [-0.2, 0) is 30.5 Å². The summed E-state index contributed by atoms with van der Waals surface area (Å²) in [4.78, 5) is 63.3. The van der Waals surface area contributed by atoms with E-state index in [4.69, 9.17) is 26.8 Å². The Morgan fingerprint density at radius 1 is 0.967 bits per heavy atom. The lowest BCUT2D eigenvalue weighted by Gasteiger charge is -2.33. The Morgan fingerprint density at radius 3 is 2.33 bits per heavy atom. The highest BCUT2D eigenvalue weighted by Gasteiger charge is 2.39. The number of benzene rings is 2. The highest BCUT2D eigenvalue weighted by molar-refractivity contribution is 8.00. The molecule has 2 aromatic carbocycles. The van der Waals surface area contributed by atoms with Gasteiger partial charge in [0, 0.05) is 66.8 Å². The molecule has 15 nitrogen and oxygen atoms in total. The van der Waals surface area contributed by atoms with E-state index in [0.717, 1.165) is 40.1 Å². The highest BCUT2D eigenvalue weighted by Crippen LogP contribution is 2.37. The Morgan fingerprint density at radius 2 is 1.67 bits per heavy atom. The van der Waals surface area contributed by atoms with Crippen molar-refractivity contribution in [3.05, 3.63) is 83.7 Å². The number of imide groups is 1.